The number of carbonyl (C=O) groups is 3. The molecule has 2 aromatic carbocycles. The summed E-state index contributed by atoms with van der Waals surface area (Å²) in [7, 11) is 0. The van der Waals surface area contributed by atoms with Gasteiger partial charge < -0.3 is 20.3 Å². The zero-order valence-corrected chi connectivity index (χ0v) is 24.1. The number of carbonyl (C=O) groups excluding carboxylic acids is 3. The Morgan fingerprint density at radius 1 is 0.973 bits per heavy atom. The Morgan fingerprint density at radius 2 is 1.54 bits per heavy atom. The van der Waals surface area contributed by atoms with Crippen molar-refractivity contribution in [1.82, 2.24) is 10.2 Å². The Hall–Kier alpha value is -3.00. The number of hydrogen-bond donors (Lipinski definition) is 3. The lowest BCUT2D eigenvalue weighted by Gasteiger charge is -2.39. The molecule has 3 unspecified atom stereocenters. The van der Waals surface area contributed by atoms with Crippen LogP contribution in [0, 0.1) is 20.8 Å². The van der Waals surface area contributed by atoms with Crippen LogP contribution in [0.4, 0.5) is 10.5 Å². The maximum absolute atomic E-state index is 14.1. The molecule has 2 rings (SSSR count). The minimum Gasteiger partial charge on any atom is -0.444 e. The second-order valence-corrected chi connectivity index (χ2v) is 10.8. The molecule has 3 atom stereocenters. The fourth-order valence-electron chi connectivity index (χ4n) is 4.18. The number of anilines is 1. The van der Waals surface area contributed by atoms with Crippen LogP contribution in [0.3, 0.4) is 0 Å². The summed E-state index contributed by atoms with van der Waals surface area (Å²) < 4.78 is 5.38. The fourth-order valence-corrected chi connectivity index (χ4v) is 4.43. The van der Waals surface area contributed by atoms with Gasteiger partial charge in [0.25, 0.3) is 5.91 Å². The molecule has 3 amide bonds. The molecule has 0 aliphatic carbocycles. The summed E-state index contributed by atoms with van der Waals surface area (Å²) in [5.74, 6) is -0.678. The summed E-state index contributed by atoms with van der Waals surface area (Å²) in [5, 5.41) is 5.70. The number of ether oxygens (including phenoxy) is 1. The Kier molecular flexibility index (Phi) is 10.6. The third-order valence-electron chi connectivity index (χ3n) is 6.24. The SMILES string of the molecule is CCC(C)N(C(=O)C(CS)NC(=O)OC(C)(C)C)C(C(=O)Nc1ccccc1C)c1c(C)cccc1C. The van der Waals surface area contributed by atoms with E-state index < -0.39 is 29.7 Å². The first-order chi connectivity index (χ1) is 17.3. The van der Waals surface area contributed by atoms with E-state index in [2.05, 4.69) is 23.3 Å². The number of amides is 3. The minimum absolute atomic E-state index is 0.0455. The van der Waals surface area contributed by atoms with Gasteiger partial charge in [-0.3, -0.25) is 9.59 Å². The standard InChI is InChI=1S/C29H41N3O4S/c1-9-21(5)32(27(34)23(17-37)31-28(35)36-29(6,7)8)25(24-19(3)14-12-15-20(24)4)26(33)30-22-16-11-10-13-18(22)2/h10-16,21,23,25,37H,9,17H2,1-8H3,(H,30,33)(H,31,35). The fraction of sp³-hybridized carbons (Fsp3) is 0.483. The molecule has 2 aromatic rings. The molecule has 8 heteroatoms. The monoisotopic (exact) mass is 527 g/mol. The van der Waals surface area contributed by atoms with Gasteiger partial charge in [-0.2, -0.15) is 12.6 Å². The second-order valence-electron chi connectivity index (χ2n) is 10.4. The van der Waals surface area contributed by atoms with Crippen LogP contribution in [0.2, 0.25) is 0 Å². The Balaban J connectivity index is 2.59. The predicted molar refractivity (Wildman–Crippen MR) is 152 cm³/mol. The van der Waals surface area contributed by atoms with Crippen molar-refractivity contribution in [1.29, 1.82) is 0 Å². The number of hydrogen-bond acceptors (Lipinski definition) is 5. The molecule has 0 aliphatic rings. The highest BCUT2D eigenvalue weighted by molar-refractivity contribution is 7.80. The van der Waals surface area contributed by atoms with E-state index in [0.717, 1.165) is 22.3 Å². The predicted octanol–water partition coefficient (Wildman–Crippen LogP) is 5.74. The topological polar surface area (TPSA) is 87.7 Å². The lowest BCUT2D eigenvalue weighted by Crippen LogP contribution is -2.55. The maximum atomic E-state index is 14.1. The van der Waals surface area contributed by atoms with Crippen molar-refractivity contribution in [3.63, 3.8) is 0 Å². The van der Waals surface area contributed by atoms with E-state index in [-0.39, 0.29) is 17.7 Å². The Morgan fingerprint density at radius 3 is 2.05 bits per heavy atom. The van der Waals surface area contributed by atoms with Crippen molar-refractivity contribution < 1.29 is 19.1 Å². The molecular formula is C29H41N3O4S. The number of rotatable bonds is 9. The normalized spacial score (nSPS) is 13.8. The highest BCUT2D eigenvalue weighted by atomic mass is 32.1. The van der Waals surface area contributed by atoms with Gasteiger partial charge in [0.15, 0.2) is 0 Å². The summed E-state index contributed by atoms with van der Waals surface area (Å²) in [5.41, 5.74) is 3.42. The van der Waals surface area contributed by atoms with Crippen molar-refractivity contribution in [2.75, 3.05) is 11.1 Å². The van der Waals surface area contributed by atoms with Gasteiger partial charge in [-0.05, 0) is 83.2 Å². The molecular weight excluding hydrogens is 486 g/mol. The highest BCUT2D eigenvalue weighted by Gasteiger charge is 2.39. The number of nitrogens with one attached hydrogen (secondary N) is 2. The number of alkyl carbamates (subject to hydrolysis) is 1. The van der Waals surface area contributed by atoms with E-state index in [1.54, 1.807) is 25.7 Å². The molecule has 0 aromatic heterocycles. The molecule has 0 fully saturated rings. The first kappa shape index (κ1) is 30.2. The molecule has 0 aliphatic heterocycles. The lowest BCUT2D eigenvalue weighted by atomic mass is 9.92. The summed E-state index contributed by atoms with van der Waals surface area (Å²) in [6.45, 7) is 14.9. The second kappa shape index (κ2) is 13.0. The molecule has 2 N–H and O–H groups in total. The quantitative estimate of drug-likeness (QED) is 0.363. The van der Waals surface area contributed by atoms with Crippen molar-refractivity contribution >= 4 is 36.2 Å². The van der Waals surface area contributed by atoms with E-state index in [4.69, 9.17) is 4.74 Å². The van der Waals surface area contributed by atoms with Crippen molar-refractivity contribution in [3.8, 4) is 0 Å². The number of nitrogens with zero attached hydrogens (tertiary/aromatic N) is 1. The van der Waals surface area contributed by atoms with Gasteiger partial charge >= 0.3 is 6.09 Å². The van der Waals surface area contributed by atoms with Gasteiger partial charge in [0, 0.05) is 17.5 Å². The van der Waals surface area contributed by atoms with Gasteiger partial charge in [-0.15, -0.1) is 0 Å². The molecule has 0 heterocycles. The van der Waals surface area contributed by atoms with Crippen LogP contribution in [0.1, 0.15) is 69.3 Å². The van der Waals surface area contributed by atoms with Gasteiger partial charge in [0.05, 0.1) is 0 Å². The lowest BCUT2D eigenvalue weighted by molar-refractivity contribution is -0.143. The van der Waals surface area contributed by atoms with Gasteiger partial charge in [0.2, 0.25) is 5.91 Å². The molecule has 0 radical (unpaired) electrons. The number of aryl methyl sites for hydroxylation is 3. The first-order valence-corrected chi connectivity index (χ1v) is 13.3. The van der Waals surface area contributed by atoms with Crippen LogP contribution in [-0.2, 0) is 14.3 Å². The molecule has 0 saturated carbocycles. The van der Waals surface area contributed by atoms with Gasteiger partial charge in [-0.1, -0.05) is 43.3 Å². The van der Waals surface area contributed by atoms with Gasteiger partial charge in [-0.25, -0.2) is 4.79 Å². The average Bonchev–Trinajstić information content (AvgIpc) is 2.81. The van der Waals surface area contributed by atoms with Crippen LogP contribution < -0.4 is 10.6 Å². The third kappa shape index (κ3) is 7.99. The van der Waals surface area contributed by atoms with E-state index in [9.17, 15) is 14.4 Å². The van der Waals surface area contributed by atoms with Crippen LogP contribution in [-0.4, -0.2) is 46.2 Å². The smallest absolute Gasteiger partial charge is 0.408 e. The van der Waals surface area contributed by atoms with E-state index in [0.29, 0.717) is 12.1 Å². The number of benzene rings is 2. The molecule has 0 bridgehead atoms. The van der Waals surface area contributed by atoms with E-state index in [1.807, 2.05) is 77.1 Å². The van der Waals surface area contributed by atoms with Gasteiger partial charge in [0.1, 0.15) is 17.7 Å². The highest BCUT2D eigenvalue weighted by Crippen LogP contribution is 2.32. The average molecular weight is 528 g/mol. The van der Waals surface area contributed by atoms with E-state index >= 15 is 0 Å². The minimum atomic E-state index is -0.981. The van der Waals surface area contributed by atoms with E-state index in [1.165, 1.54) is 0 Å². The first-order valence-electron chi connectivity index (χ1n) is 12.7. The molecule has 0 spiro atoms. The van der Waals surface area contributed by atoms with Crippen LogP contribution >= 0.6 is 12.6 Å². The molecule has 202 valence electrons. The number of thiol groups is 1. The summed E-state index contributed by atoms with van der Waals surface area (Å²) in [6.07, 6.45) is -0.103. The third-order valence-corrected chi connectivity index (χ3v) is 6.60. The number of para-hydroxylation sites is 1. The molecule has 7 nitrogen and oxygen atoms in total. The Bertz CT molecular complexity index is 1090. The summed E-state index contributed by atoms with van der Waals surface area (Å²) in [6, 6.07) is 11.1. The maximum Gasteiger partial charge on any atom is 0.408 e. The van der Waals surface area contributed by atoms with Crippen molar-refractivity contribution in [3.05, 3.63) is 64.7 Å². The summed E-state index contributed by atoms with van der Waals surface area (Å²) >= 11 is 4.36. The zero-order valence-electron chi connectivity index (χ0n) is 23.2. The van der Waals surface area contributed by atoms with Crippen molar-refractivity contribution in [2.45, 2.75) is 85.5 Å². The zero-order chi connectivity index (χ0) is 27.9. The Labute approximate surface area is 226 Å². The summed E-state index contributed by atoms with van der Waals surface area (Å²) in [4.78, 5) is 42.2. The van der Waals surface area contributed by atoms with Crippen LogP contribution in [0.5, 0.6) is 0 Å². The van der Waals surface area contributed by atoms with Crippen LogP contribution in [0.15, 0.2) is 42.5 Å². The molecule has 37 heavy (non-hydrogen) atoms. The molecule has 0 saturated heterocycles. The van der Waals surface area contributed by atoms with Crippen LogP contribution in [0.25, 0.3) is 0 Å². The van der Waals surface area contributed by atoms with Crippen molar-refractivity contribution in [2.24, 2.45) is 0 Å². The largest absolute Gasteiger partial charge is 0.444 e.